The zero-order valence-corrected chi connectivity index (χ0v) is 12.7. The van der Waals surface area contributed by atoms with Gasteiger partial charge in [-0.15, -0.1) is 0 Å². The van der Waals surface area contributed by atoms with Gasteiger partial charge in [0.15, 0.2) is 0 Å². The predicted molar refractivity (Wildman–Crippen MR) is 81.4 cm³/mol. The van der Waals surface area contributed by atoms with Crippen LogP contribution in [-0.4, -0.2) is 40.9 Å². The number of aliphatic hydroxyl groups excluding tert-OH is 2. The molecule has 0 aliphatic heterocycles. The van der Waals surface area contributed by atoms with Gasteiger partial charge in [-0.2, -0.15) is 0 Å². The summed E-state index contributed by atoms with van der Waals surface area (Å²) >= 11 is 0. The van der Waals surface area contributed by atoms with Gasteiger partial charge >= 0.3 is 0 Å². The molecule has 0 spiro atoms. The maximum atomic E-state index is 13.8. The molecule has 1 saturated carbocycles. The van der Waals surface area contributed by atoms with Gasteiger partial charge in [-0.3, -0.25) is 4.90 Å². The van der Waals surface area contributed by atoms with E-state index in [1.807, 2.05) is 6.92 Å². The molecular formula is C17H26FNO2. The molecule has 4 heteroatoms. The molecule has 0 bridgehead atoms. The minimum absolute atomic E-state index is 0.0750. The van der Waals surface area contributed by atoms with E-state index in [4.69, 9.17) is 0 Å². The Labute approximate surface area is 126 Å². The minimum Gasteiger partial charge on any atom is -0.395 e. The second-order valence-electron chi connectivity index (χ2n) is 6.10. The smallest absolute Gasteiger partial charge is 0.129 e. The Kier molecular flexibility index (Phi) is 6.15. The standard InChI is InChI=1S/C17H26FNO2/c1-13(17(21)15-8-4-5-9-16(15)18)12-19(10-11-20)14-6-2-3-7-14/h4-5,8-9,13-14,17,20-21H,2-3,6-7,10-12H2,1H3. The molecule has 2 N–H and O–H groups in total. The monoisotopic (exact) mass is 295 g/mol. The van der Waals surface area contributed by atoms with Gasteiger partial charge in [0, 0.05) is 24.7 Å². The predicted octanol–water partition coefficient (Wildman–Crippen LogP) is 2.73. The summed E-state index contributed by atoms with van der Waals surface area (Å²) in [5.41, 5.74) is 0.361. The first-order valence-electron chi connectivity index (χ1n) is 7.91. The highest BCUT2D eigenvalue weighted by Gasteiger charge is 2.27. The summed E-state index contributed by atoms with van der Waals surface area (Å²) in [5.74, 6) is -0.430. The third kappa shape index (κ3) is 4.25. The Hall–Kier alpha value is -0.970. The molecule has 1 aliphatic carbocycles. The number of hydrogen-bond acceptors (Lipinski definition) is 3. The van der Waals surface area contributed by atoms with Crippen LogP contribution in [0.3, 0.4) is 0 Å². The average Bonchev–Trinajstić information content (AvgIpc) is 3.00. The molecule has 3 nitrogen and oxygen atoms in total. The molecule has 0 amide bonds. The maximum Gasteiger partial charge on any atom is 0.129 e. The van der Waals surface area contributed by atoms with E-state index in [1.54, 1.807) is 18.2 Å². The number of rotatable bonds is 7. The third-order valence-electron chi connectivity index (χ3n) is 4.51. The van der Waals surface area contributed by atoms with Gasteiger partial charge in [-0.05, 0) is 24.8 Å². The molecule has 2 rings (SSSR count). The van der Waals surface area contributed by atoms with E-state index >= 15 is 0 Å². The molecule has 1 aliphatic rings. The van der Waals surface area contributed by atoms with Gasteiger partial charge in [0.2, 0.25) is 0 Å². The van der Waals surface area contributed by atoms with Crippen LogP contribution < -0.4 is 0 Å². The van der Waals surface area contributed by atoms with Crippen molar-refractivity contribution in [1.82, 2.24) is 4.90 Å². The van der Waals surface area contributed by atoms with E-state index < -0.39 is 6.10 Å². The van der Waals surface area contributed by atoms with Crippen molar-refractivity contribution in [2.45, 2.75) is 44.8 Å². The van der Waals surface area contributed by atoms with Crippen LogP contribution in [0.2, 0.25) is 0 Å². The van der Waals surface area contributed by atoms with Gasteiger partial charge in [-0.1, -0.05) is 38.0 Å². The van der Waals surface area contributed by atoms with Gasteiger partial charge in [0.25, 0.3) is 0 Å². The molecule has 0 heterocycles. The summed E-state index contributed by atoms with van der Waals surface area (Å²) in [6, 6.07) is 6.90. The van der Waals surface area contributed by atoms with Crippen LogP contribution in [0.5, 0.6) is 0 Å². The highest BCUT2D eigenvalue weighted by atomic mass is 19.1. The molecule has 1 fully saturated rings. The van der Waals surface area contributed by atoms with Crippen molar-refractivity contribution in [3.63, 3.8) is 0 Å². The van der Waals surface area contributed by atoms with E-state index in [9.17, 15) is 14.6 Å². The van der Waals surface area contributed by atoms with Crippen molar-refractivity contribution in [2.24, 2.45) is 5.92 Å². The maximum absolute atomic E-state index is 13.8. The molecule has 2 atom stereocenters. The Morgan fingerprint density at radius 1 is 1.29 bits per heavy atom. The van der Waals surface area contributed by atoms with Crippen molar-refractivity contribution < 1.29 is 14.6 Å². The minimum atomic E-state index is -0.811. The largest absolute Gasteiger partial charge is 0.395 e. The first-order chi connectivity index (χ1) is 10.1. The lowest BCUT2D eigenvalue weighted by molar-refractivity contribution is 0.0630. The van der Waals surface area contributed by atoms with Crippen molar-refractivity contribution in [3.8, 4) is 0 Å². The van der Waals surface area contributed by atoms with Crippen LogP contribution >= 0.6 is 0 Å². The van der Waals surface area contributed by atoms with Crippen LogP contribution in [-0.2, 0) is 0 Å². The second-order valence-corrected chi connectivity index (χ2v) is 6.10. The SMILES string of the molecule is CC(CN(CCO)C1CCCC1)C(O)c1ccccc1F. The highest BCUT2D eigenvalue weighted by Crippen LogP contribution is 2.28. The van der Waals surface area contributed by atoms with Crippen LogP contribution in [0.1, 0.15) is 44.3 Å². The lowest BCUT2D eigenvalue weighted by Crippen LogP contribution is -2.40. The van der Waals surface area contributed by atoms with Crippen molar-refractivity contribution in [2.75, 3.05) is 19.7 Å². The van der Waals surface area contributed by atoms with Crippen molar-refractivity contribution in [3.05, 3.63) is 35.6 Å². The van der Waals surface area contributed by atoms with Crippen LogP contribution in [0, 0.1) is 11.7 Å². The number of hydrogen-bond donors (Lipinski definition) is 2. The van der Waals surface area contributed by atoms with Gasteiger partial charge in [0.05, 0.1) is 12.7 Å². The summed E-state index contributed by atoms with van der Waals surface area (Å²) in [6.45, 7) is 3.37. The van der Waals surface area contributed by atoms with Gasteiger partial charge in [0.1, 0.15) is 5.82 Å². The van der Waals surface area contributed by atoms with Gasteiger partial charge < -0.3 is 10.2 Å². The summed E-state index contributed by atoms with van der Waals surface area (Å²) in [7, 11) is 0. The zero-order chi connectivity index (χ0) is 15.2. The first-order valence-corrected chi connectivity index (χ1v) is 7.91. The molecule has 21 heavy (non-hydrogen) atoms. The highest BCUT2D eigenvalue weighted by molar-refractivity contribution is 5.20. The number of benzene rings is 1. The lowest BCUT2D eigenvalue weighted by Gasteiger charge is -2.32. The fourth-order valence-electron chi connectivity index (χ4n) is 3.31. The fraction of sp³-hybridized carbons (Fsp3) is 0.647. The van der Waals surface area contributed by atoms with Crippen LogP contribution in [0.15, 0.2) is 24.3 Å². The Morgan fingerprint density at radius 2 is 1.95 bits per heavy atom. The lowest BCUT2D eigenvalue weighted by atomic mass is 9.95. The molecule has 1 aromatic rings. The molecule has 0 aromatic heterocycles. The van der Waals surface area contributed by atoms with E-state index in [0.29, 0.717) is 24.7 Å². The fourth-order valence-corrected chi connectivity index (χ4v) is 3.31. The topological polar surface area (TPSA) is 43.7 Å². The van der Waals surface area contributed by atoms with E-state index in [0.717, 1.165) is 12.8 Å². The quantitative estimate of drug-likeness (QED) is 0.813. The second kappa shape index (κ2) is 7.87. The molecule has 0 saturated heterocycles. The summed E-state index contributed by atoms with van der Waals surface area (Å²) in [5, 5.41) is 19.6. The number of halogens is 1. The average molecular weight is 295 g/mol. The number of aliphatic hydroxyl groups is 2. The van der Waals surface area contributed by atoms with Gasteiger partial charge in [-0.25, -0.2) is 4.39 Å². The molecular weight excluding hydrogens is 269 g/mol. The normalized spacial score (nSPS) is 19.1. The number of nitrogens with zero attached hydrogens (tertiary/aromatic N) is 1. The Morgan fingerprint density at radius 3 is 2.57 bits per heavy atom. The molecule has 118 valence electrons. The van der Waals surface area contributed by atoms with Crippen molar-refractivity contribution in [1.29, 1.82) is 0 Å². The van der Waals surface area contributed by atoms with E-state index in [-0.39, 0.29) is 18.3 Å². The molecule has 1 aromatic carbocycles. The van der Waals surface area contributed by atoms with Crippen molar-refractivity contribution >= 4 is 0 Å². The van der Waals surface area contributed by atoms with E-state index in [1.165, 1.54) is 18.9 Å². The first kappa shape index (κ1) is 16.4. The van der Waals surface area contributed by atoms with Crippen LogP contribution in [0.25, 0.3) is 0 Å². The molecule has 0 radical (unpaired) electrons. The Balaban J connectivity index is 2.00. The molecule has 2 unspecified atom stereocenters. The van der Waals surface area contributed by atoms with E-state index in [2.05, 4.69) is 4.90 Å². The summed E-state index contributed by atoms with van der Waals surface area (Å²) in [6.07, 6.45) is 3.97. The summed E-state index contributed by atoms with van der Waals surface area (Å²) < 4.78 is 13.8. The summed E-state index contributed by atoms with van der Waals surface area (Å²) in [4.78, 5) is 2.25. The zero-order valence-electron chi connectivity index (χ0n) is 12.7. The third-order valence-corrected chi connectivity index (χ3v) is 4.51. The Bertz CT molecular complexity index is 435. The van der Waals surface area contributed by atoms with Crippen LogP contribution in [0.4, 0.5) is 4.39 Å².